The molecule has 0 bridgehead atoms. The first kappa shape index (κ1) is 16.4. The highest BCUT2D eigenvalue weighted by molar-refractivity contribution is 7.11. The van der Waals surface area contributed by atoms with Gasteiger partial charge in [-0.05, 0) is 31.2 Å². The SMILES string of the molecule is CN=C(NCCN(C)c1ccccc1)NCc1ccc(C)s1. The maximum atomic E-state index is 4.26. The van der Waals surface area contributed by atoms with Crippen molar-refractivity contribution in [1.29, 1.82) is 0 Å². The maximum Gasteiger partial charge on any atom is 0.191 e. The first-order chi connectivity index (χ1) is 10.7. The van der Waals surface area contributed by atoms with E-state index < -0.39 is 0 Å². The van der Waals surface area contributed by atoms with Gasteiger partial charge in [-0.3, -0.25) is 4.99 Å². The number of anilines is 1. The predicted molar refractivity (Wildman–Crippen MR) is 97.0 cm³/mol. The molecule has 5 heteroatoms. The first-order valence-electron chi connectivity index (χ1n) is 7.45. The lowest BCUT2D eigenvalue weighted by Gasteiger charge is -2.20. The molecule has 0 spiro atoms. The number of nitrogens with one attached hydrogen (secondary N) is 2. The van der Waals surface area contributed by atoms with Gasteiger partial charge in [0, 0.05) is 42.6 Å². The summed E-state index contributed by atoms with van der Waals surface area (Å²) in [5.74, 6) is 0.840. The van der Waals surface area contributed by atoms with Gasteiger partial charge >= 0.3 is 0 Å². The van der Waals surface area contributed by atoms with Gasteiger partial charge in [0.2, 0.25) is 0 Å². The number of guanidine groups is 1. The molecule has 0 fully saturated rings. The van der Waals surface area contributed by atoms with E-state index in [2.05, 4.69) is 70.9 Å². The van der Waals surface area contributed by atoms with Gasteiger partial charge in [-0.15, -0.1) is 11.3 Å². The summed E-state index contributed by atoms with van der Waals surface area (Å²) >= 11 is 1.81. The van der Waals surface area contributed by atoms with Crippen LogP contribution in [0, 0.1) is 6.92 Å². The highest BCUT2D eigenvalue weighted by Crippen LogP contribution is 2.14. The van der Waals surface area contributed by atoms with Crippen LogP contribution >= 0.6 is 11.3 Å². The summed E-state index contributed by atoms with van der Waals surface area (Å²) < 4.78 is 0. The number of hydrogen-bond acceptors (Lipinski definition) is 3. The Balaban J connectivity index is 1.72. The third-order valence-electron chi connectivity index (χ3n) is 3.39. The van der Waals surface area contributed by atoms with E-state index in [4.69, 9.17) is 0 Å². The second-order valence-electron chi connectivity index (χ2n) is 5.12. The second-order valence-corrected chi connectivity index (χ2v) is 6.49. The molecule has 2 aromatic rings. The predicted octanol–water partition coefficient (Wildman–Crippen LogP) is 2.86. The van der Waals surface area contributed by atoms with E-state index in [0.717, 1.165) is 25.6 Å². The molecular weight excluding hydrogens is 292 g/mol. The fraction of sp³-hybridized carbons (Fsp3) is 0.353. The molecule has 0 aliphatic heterocycles. The van der Waals surface area contributed by atoms with Crippen LogP contribution in [0.2, 0.25) is 0 Å². The standard InChI is InChI=1S/C17H24N4S/c1-14-9-10-16(22-14)13-20-17(18-2)19-11-12-21(3)15-7-5-4-6-8-15/h4-10H,11-13H2,1-3H3,(H2,18,19,20). The lowest BCUT2D eigenvalue weighted by molar-refractivity contribution is 0.780. The molecule has 118 valence electrons. The summed E-state index contributed by atoms with van der Waals surface area (Å²) in [4.78, 5) is 9.14. The van der Waals surface area contributed by atoms with Crippen LogP contribution in [0.4, 0.5) is 5.69 Å². The highest BCUT2D eigenvalue weighted by atomic mass is 32.1. The van der Waals surface area contributed by atoms with Crippen LogP contribution in [0.5, 0.6) is 0 Å². The molecule has 0 radical (unpaired) electrons. The average Bonchev–Trinajstić information content (AvgIpc) is 2.96. The Morgan fingerprint density at radius 2 is 1.91 bits per heavy atom. The Bertz CT molecular complexity index is 592. The second kappa shape index (κ2) is 8.44. The maximum absolute atomic E-state index is 4.26. The fourth-order valence-corrected chi connectivity index (χ4v) is 2.96. The van der Waals surface area contributed by atoms with Crippen LogP contribution in [0.25, 0.3) is 0 Å². The molecule has 1 aromatic carbocycles. The number of para-hydroxylation sites is 1. The molecular formula is C17H24N4S. The van der Waals surface area contributed by atoms with Gasteiger partial charge in [0.1, 0.15) is 0 Å². The summed E-state index contributed by atoms with van der Waals surface area (Å²) in [7, 11) is 3.90. The number of thiophene rings is 1. The number of nitrogens with zero attached hydrogens (tertiary/aromatic N) is 2. The average molecular weight is 316 g/mol. The van der Waals surface area contributed by atoms with Crippen LogP contribution in [-0.2, 0) is 6.54 Å². The number of aryl methyl sites for hydroxylation is 1. The molecule has 0 saturated heterocycles. The van der Waals surface area contributed by atoms with Crippen molar-refractivity contribution in [2.75, 3.05) is 32.1 Å². The van der Waals surface area contributed by atoms with Crippen molar-refractivity contribution < 1.29 is 0 Å². The molecule has 0 aliphatic rings. The molecule has 2 N–H and O–H groups in total. The Morgan fingerprint density at radius 3 is 2.55 bits per heavy atom. The van der Waals surface area contributed by atoms with E-state index >= 15 is 0 Å². The number of hydrogen-bond donors (Lipinski definition) is 2. The summed E-state index contributed by atoms with van der Waals surface area (Å²) in [6.07, 6.45) is 0. The number of rotatable bonds is 6. The minimum absolute atomic E-state index is 0.812. The van der Waals surface area contributed by atoms with Crippen LogP contribution in [0.3, 0.4) is 0 Å². The summed E-state index contributed by atoms with van der Waals surface area (Å²) in [5.41, 5.74) is 1.22. The Morgan fingerprint density at radius 1 is 1.14 bits per heavy atom. The van der Waals surface area contributed by atoms with Crippen LogP contribution < -0.4 is 15.5 Å². The van der Waals surface area contributed by atoms with E-state index in [-0.39, 0.29) is 0 Å². The summed E-state index contributed by atoms with van der Waals surface area (Å²) in [6, 6.07) is 14.7. The van der Waals surface area contributed by atoms with Crippen molar-refractivity contribution in [1.82, 2.24) is 10.6 Å². The van der Waals surface area contributed by atoms with E-state index in [9.17, 15) is 0 Å². The summed E-state index contributed by atoms with van der Waals surface area (Å²) in [5, 5.41) is 6.69. The largest absolute Gasteiger partial charge is 0.373 e. The van der Waals surface area contributed by atoms with Gasteiger partial charge in [-0.1, -0.05) is 18.2 Å². The van der Waals surface area contributed by atoms with Gasteiger partial charge < -0.3 is 15.5 Å². The van der Waals surface area contributed by atoms with Crippen molar-refractivity contribution in [3.05, 3.63) is 52.2 Å². The number of likely N-dealkylation sites (N-methyl/N-ethyl adjacent to an activating group) is 1. The summed E-state index contributed by atoms with van der Waals surface area (Å²) in [6.45, 7) is 4.70. The Kier molecular flexibility index (Phi) is 6.27. The van der Waals surface area contributed by atoms with E-state index in [1.807, 2.05) is 17.4 Å². The van der Waals surface area contributed by atoms with Gasteiger partial charge in [0.25, 0.3) is 0 Å². The molecule has 4 nitrogen and oxygen atoms in total. The third-order valence-corrected chi connectivity index (χ3v) is 4.39. The van der Waals surface area contributed by atoms with Gasteiger partial charge in [0.15, 0.2) is 5.96 Å². The van der Waals surface area contributed by atoms with Crippen LogP contribution in [0.1, 0.15) is 9.75 Å². The van der Waals surface area contributed by atoms with E-state index in [1.165, 1.54) is 15.4 Å². The molecule has 0 atom stereocenters. The fourth-order valence-electron chi connectivity index (χ4n) is 2.13. The zero-order chi connectivity index (χ0) is 15.8. The minimum Gasteiger partial charge on any atom is -0.373 e. The van der Waals surface area contributed by atoms with Gasteiger partial charge in [-0.2, -0.15) is 0 Å². The van der Waals surface area contributed by atoms with Crippen molar-refractivity contribution in [2.24, 2.45) is 4.99 Å². The quantitative estimate of drug-likeness (QED) is 0.636. The zero-order valence-corrected chi connectivity index (χ0v) is 14.3. The molecule has 0 saturated carbocycles. The minimum atomic E-state index is 0.812. The first-order valence-corrected chi connectivity index (χ1v) is 8.26. The number of benzene rings is 1. The Hall–Kier alpha value is -2.01. The van der Waals surface area contributed by atoms with Crippen molar-refractivity contribution in [2.45, 2.75) is 13.5 Å². The molecule has 1 aromatic heterocycles. The van der Waals surface area contributed by atoms with Gasteiger partial charge in [0.05, 0.1) is 6.54 Å². The third kappa shape index (κ3) is 5.07. The monoisotopic (exact) mass is 316 g/mol. The Labute approximate surface area is 136 Å². The topological polar surface area (TPSA) is 39.7 Å². The van der Waals surface area contributed by atoms with Crippen molar-refractivity contribution in [3.63, 3.8) is 0 Å². The smallest absolute Gasteiger partial charge is 0.191 e. The molecule has 0 amide bonds. The van der Waals surface area contributed by atoms with Crippen molar-refractivity contribution in [3.8, 4) is 0 Å². The van der Waals surface area contributed by atoms with E-state index in [0.29, 0.717) is 0 Å². The molecule has 0 aliphatic carbocycles. The molecule has 2 rings (SSSR count). The van der Waals surface area contributed by atoms with Crippen molar-refractivity contribution >= 4 is 23.0 Å². The lowest BCUT2D eigenvalue weighted by atomic mass is 10.3. The normalized spacial score (nSPS) is 11.3. The lowest BCUT2D eigenvalue weighted by Crippen LogP contribution is -2.40. The van der Waals surface area contributed by atoms with Crippen LogP contribution in [-0.4, -0.2) is 33.1 Å². The molecule has 22 heavy (non-hydrogen) atoms. The number of aliphatic imine (C=N–C) groups is 1. The molecule has 0 unspecified atom stereocenters. The molecule has 1 heterocycles. The van der Waals surface area contributed by atoms with Crippen LogP contribution in [0.15, 0.2) is 47.5 Å². The van der Waals surface area contributed by atoms with Gasteiger partial charge in [-0.25, -0.2) is 0 Å². The van der Waals surface area contributed by atoms with E-state index in [1.54, 1.807) is 7.05 Å². The zero-order valence-electron chi connectivity index (χ0n) is 13.5. The highest BCUT2D eigenvalue weighted by Gasteiger charge is 2.02.